The van der Waals surface area contributed by atoms with Gasteiger partial charge >= 0.3 is 12.1 Å². The van der Waals surface area contributed by atoms with Gasteiger partial charge in [0.2, 0.25) is 0 Å². The molecule has 2 amide bonds. The number of carbonyl (C=O) groups is 2. The molecule has 10 nitrogen and oxygen atoms in total. The largest absolute Gasteiger partial charge is 0.350 e. The molecule has 0 aliphatic heterocycles. The Hall–Kier alpha value is -3.78. The second-order valence-corrected chi connectivity index (χ2v) is 5.98. The predicted molar refractivity (Wildman–Crippen MR) is 105 cm³/mol. The molecule has 2 heterocycles. The molecular weight excluding hydrogens is 364 g/mol. The van der Waals surface area contributed by atoms with Crippen LogP contribution in [0.15, 0.2) is 27.0 Å². The van der Waals surface area contributed by atoms with E-state index in [0.717, 1.165) is 9.36 Å². The molecule has 0 saturated heterocycles. The Bertz CT molecular complexity index is 1130. The Balaban J connectivity index is 2.44. The van der Waals surface area contributed by atoms with Crippen molar-refractivity contribution < 1.29 is 9.59 Å². The van der Waals surface area contributed by atoms with E-state index in [1.54, 1.807) is 19.1 Å². The second-order valence-electron chi connectivity index (χ2n) is 5.98. The summed E-state index contributed by atoms with van der Waals surface area (Å²) in [4.78, 5) is 47.0. The number of nitrogens with one attached hydrogen (secondary N) is 2. The van der Waals surface area contributed by atoms with Crippen molar-refractivity contribution in [3.8, 4) is 0 Å². The number of primary amides is 2. The van der Waals surface area contributed by atoms with Crippen LogP contribution in [0.5, 0.6) is 0 Å². The number of hydrogen-bond donors (Lipinski definition) is 4. The van der Waals surface area contributed by atoms with E-state index in [-0.39, 0.29) is 5.56 Å². The third-order valence-electron chi connectivity index (χ3n) is 4.10. The van der Waals surface area contributed by atoms with Crippen molar-refractivity contribution >= 4 is 24.2 Å². The van der Waals surface area contributed by atoms with Gasteiger partial charge in [0.05, 0.1) is 11.1 Å². The van der Waals surface area contributed by atoms with Gasteiger partial charge < -0.3 is 11.5 Å². The summed E-state index contributed by atoms with van der Waals surface area (Å²) in [5.41, 5.74) is 14.5. The van der Waals surface area contributed by atoms with Crippen LogP contribution in [0.3, 0.4) is 0 Å². The van der Waals surface area contributed by atoms with Crippen LogP contribution >= 0.6 is 0 Å². The average Bonchev–Trinajstić information content (AvgIpc) is 3.14. The molecule has 0 atom stereocenters. The fourth-order valence-corrected chi connectivity index (χ4v) is 2.60. The molecule has 6 N–H and O–H groups in total. The zero-order valence-electron chi connectivity index (χ0n) is 15.8. The highest BCUT2D eigenvalue weighted by molar-refractivity contribution is 5.75. The minimum Gasteiger partial charge on any atom is -0.350 e. The summed E-state index contributed by atoms with van der Waals surface area (Å²) in [6.45, 7) is 5.38. The van der Waals surface area contributed by atoms with Gasteiger partial charge in [0, 0.05) is 11.4 Å². The first-order valence-electron chi connectivity index (χ1n) is 8.59. The molecule has 2 rings (SSSR count). The fraction of sp³-hybridized carbons (Fsp3) is 0.278. The zero-order chi connectivity index (χ0) is 21.0. The first kappa shape index (κ1) is 20.5. The first-order chi connectivity index (χ1) is 13.2. The van der Waals surface area contributed by atoms with Crippen LogP contribution in [-0.2, 0) is 12.8 Å². The molecule has 0 spiro atoms. The molecule has 0 unspecified atom stereocenters. The quantitative estimate of drug-likeness (QED) is 0.444. The minimum atomic E-state index is -0.898. The zero-order valence-corrected chi connectivity index (χ0v) is 15.8. The van der Waals surface area contributed by atoms with Crippen molar-refractivity contribution in [2.24, 2.45) is 11.5 Å². The van der Waals surface area contributed by atoms with Gasteiger partial charge in [0.25, 0.3) is 11.1 Å². The van der Waals surface area contributed by atoms with E-state index in [1.165, 1.54) is 6.08 Å². The lowest BCUT2D eigenvalue weighted by Gasteiger charge is -1.92. The van der Waals surface area contributed by atoms with Crippen LogP contribution in [0.4, 0.5) is 9.59 Å². The van der Waals surface area contributed by atoms with Crippen molar-refractivity contribution in [3.63, 3.8) is 0 Å². The number of H-pyrrole nitrogens is 2. The highest BCUT2D eigenvalue weighted by atomic mass is 16.2. The number of hydrogen-bond acceptors (Lipinski definition) is 4. The van der Waals surface area contributed by atoms with E-state index < -0.39 is 23.2 Å². The van der Waals surface area contributed by atoms with Crippen molar-refractivity contribution in [2.45, 2.75) is 33.6 Å². The molecule has 0 radical (unpaired) electrons. The standard InChI is InChI=1S/C18H22N6O4/c1-4-13-11(15(25)23(21-13)17(19)27)8-6-10(3)7-9-12-14(5-2)22-24(16(12)26)18(20)28/h6,8-9,21-22H,4-5H2,1-3H3,(H2,19,27)(H2,20,28). The predicted octanol–water partition coefficient (Wildman–Crippen LogP) is 0.916. The van der Waals surface area contributed by atoms with Gasteiger partial charge in [-0.3, -0.25) is 19.8 Å². The molecule has 2 aromatic rings. The Labute approximate surface area is 159 Å². The van der Waals surface area contributed by atoms with E-state index in [9.17, 15) is 19.2 Å². The van der Waals surface area contributed by atoms with Gasteiger partial charge in [0.1, 0.15) is 0 Å². The van der Waals surface area contributed by atoms with Crippen LogP contribution in [-0.4, -0.2) is 31.6 Å². The van der Waals surface area contributed by atoms with Crippen LogP contribution in [0.25, 0.3) is 12.2 Å². The maximum atomic E-state index is 12.2. The van der Waals surface area contributed by atoms with E-state index in [0.29, 0.717) is 35.4 Å². The maximum absolute atomic E-state index is 12.2. The number of aryl methyl sites for hydroxylation is 2. The molecule has 28 heavy (non-hydrogen) atoms. The summed E-state index contributed by atoms with van der Waals surface area (Å²) in [7, 11) is 0. The van der Waals surface area contributed by atoms with Gasteiger partial charge in [-0.1, -0.05) is 19.9 Å². The number of aromatic amines is 2. The van der Waals surface area contributed by atoms with Crippen molar-refractivity contribution in [2.75, 3.05) is 0 Å². The van der Waals surface area contributed by atoms with Gasteiger partial charge in [-0.15, -0.1) is 5.73 Å². The SMILES string of the molecule is CCc1[nH]n(C(N)=O)c(=O)c1C=C=C(C)C=Cc1c(CC)[nH]n(C(N)=O)c1=O. The molecule has 0 aromatic carbocycles. The number of rotatable bonds is 5. The maximum Gasteiger partial charge on any atom is 0.341 e. The topological polar surface area (TPSA) is 162 Å². The summed E-state index contributed by atoms with van der Waals surface area (Å²) < 4.78 is 1.48. The Morgan fingerprint density at radius 2 is 1.43 bits per heavy atom. The highest BCUT2D eigenvalue weighted by Crippen LogP contribution is 2.08. The van der Waals surface area contributed by atoms with Gasteiger partial charge in [-0.05, 0) is 37.5 Å². The van der Waals surface area contributed by atoms with Crippen molar-refractivity contribution in [1.82, 2.24) is 19.6 Å². The van der Waals surface area contributed by atoms with Crippen LogP contribution in [0.2, 0.25) is 0 Å². The Kier molecular flexibility index (Phi) is 6.07. The molecule has 0 saturated carbocycles. The Morgan fingerprint density at radius 3 is 1.89 bits per heavy atom. The third kappa shape index (κ3) is 3.97. The lowest BCUT2D eigenvalue weighted by Crippen LogP contribution is -2.30. The van der Waals surface area contributed by atoms with Crippen LogP contribution in [0, 0.1) is 0 Å². The highest BCUT2D eigenvalue weighted by Gasteiger charge is 2.14. The molecule has 0 aliphatic carbocycles. The first-order valence-corrected chi connectivity index (χ1v) is 8.59. The van der Waals surface area contributed by atoms with Crippen molar-refractivity contribution in [3.05, 3.63) is 60.6 Å². The number of nitrogens with zero attached hydrogens (tertiary/aromatic N) is 2. The summed E-state index contributed by atoms with van der Waals surface area (Å²) in [6.07, 6.45) is 5.62. The van der Waals surface area contributed by atoms with Gasteiger partial charge in [0.15, 0.2) is 0 Å². The minimum absolute atomic E-state index is 0.279. The van der Waals surface area contributed by atoms with E-state index >= 15 is 0 Å². The lowest BCUT2D eigenvalue weighted by molar-refractivity contribution is 0.246. The lowest BCUT2D eigenvalue weighted by atomic mass is 10.1. The second kappa shape index (κ2) is 8.28. The number of aromatic nitrogens is 4. The Morgan fingerprint density at radius 1 is 0.964 bits per heavy atom. The molecule has 0 bridgehead atoms. The van der Waals surface area contributed by atoms with Gasteiger partial charge in [-0.2, -0.15) is 9.36 Å². The number of nitrogens with two attached hydrogens (primary N) is 2. The summed E-state index contributed by atoms with van der Waals surface area (Å²) >= 11 is 0. The molecule has 0 fully saturated rings. The van der Waals surface area contributed by atoms with Crippen LogP contribution < -0.4 is 22.6 Å². The smallest absolute Gasteiger partial charge is 0.341 e. The summed E-state index contributed by atoms with van der Waals surface area (Å²) in [6, 6.07) is -1.79. The molecular formula is C18H22N6O4. The molecule has 148 valence electrons. The molecule has 0 aliphatic rings. The van der Waals surface area contributed by atoms with Gasteiger partial charge in [-0.25, -0.2) is 9.59 Å². The monoisotopic (exact) mass is 386 g/mol. The third-order valence-corrected chi connectivity index (χ3v) is 4.10. The average molecular weight is 386 g/mol. The fourth-order valence-electron chi connectivity index (χ4n) is 2.60. The number of allylic oxidation sites excluding steroid dienone is 2. The molecule has 10 heteroatoms. The normalized spacial score (nSPS) is 10.8. The van der Waals surface area contributed by atoms with Crippen LogP contribution in [0.1, 0.15) is 43.3 Å². The van der Waals surface area contributed by atoms with E-state index in [1.807, 2.05) is 13.8 Å². The summed E-state index contributed by atoms with van der Waals surface area (Å²) in [5, 5.41) is 5.32. The van der Waals surface area contributed by atoms with E-state index in [2.05, 4.69) is 15.9 Å². The number of amides is 2. The van der Waals surface area contributed by atoms with E-state index in [4.69, 9.17) is 11.5 Å². The number of carbonyl (C=O) groups excluding carboxylic acids is 2. The molecule has 2 aromatic heterocycles. The van der Waals surface area contributed by atoms with Crippen molar-refractivity contribution in [1.29, 1.82) is 0 Å². The summed E-state index contributed by atoms with van der Waals surface area (Å²) in [5.74, 6) is 0.